The molecule has 1 saturated carbocycles. The molecule has 2 fully saturated rings. The first kappa shape index (κ1) is 15.1. The van der Waals surface area contributed by atoms with Crippen LogP contribution in [0.3, 0.4) is 0 Å². The Labute approximate surface area is 139 Å². The van der Waals surface area contributed by atoms with Gasteiger partial charge in [-0.2, -0.15) is 0 Å². The van der Waals surface area contributed by atoms with E-state index in [1.807, 2.05) is 4.90 Å². The molecule has 24 heavy (non-hydrogen) atoms. The van der Waals surface area contributed by atoms with Crippen molar-refractivity contribution < 1.29 is 13.6 Å². The Balaban J connectivity index is 1.33. The molecule has 126 valence electrons. The number of rotatable bonds is 4. The molecule has 0 spiro atoms. The zero-order valence-corrected chi connectivity index (χ0v) is 13.3. The molecule has 1 saturated heterocycles. The Morgan fingerprint density at radius 1 is 1.17 bits per heavy atom. The first-order chi connectivity index (χ1) is 11.7. The molecule has 1 aliphatic carbocycles. The van der Waals surface area contributed by atoms with Gasteiger partial charge in [0.15, 0.2) is 0 Å². The van der Waals surface area contributed by atoms with Crippen LogP contribution in [-0.2, 0) is 11.2 Å². The number of benzene rings is 1. The minimum absolute atomic E-state index is 0.0519. The zero-order valence-electron chi connectivity index (χ0n) is 13.3. The van der Waals surface area contributed by atoms with Gasteiger partial charge in [-0.05, 0) is 24.5 Å². The molecule has 2 heterocycles. The highest BCUT2D eigenvalue weighted by Gasteiger charge is 2.31. The third-order valence-electron chi connectivity index (χ3n) is 4.56. The molecule has 1 aliphatic heterocycles. The summed E-state index contributed by atoms with van der Waals surface area (Å²) in [4.78, 5) is 16.1. The maximum atomic E-state index is 13.7. The first-order valence-electron chi connectivity index (χ1n) is 8.30. The predicted octanol–water partition coefficient (Wildman–Crippen LogP) is 1.98. The standard InChI is InChI=1S/C17H19FN4O2/c18-14-4-2-1-3-13(14)11-15(23)21-7-9-22(10-8-21)17-20-19-16(24-17)12-5-6-12/h1-4,12H,5-11H2. The van der Waals surface area contributed by atoms with E-state index in [9.17, 15) is 9.18 Å². The van der Waals surface area contributed by atoms with E-state index in [1.165, 1.54) is 6.07 Å². The molecule has 0 bridgehead atoms. The van der Waals surface area contributed by atoms with Crippen LogP contribution in [0.2, 0.25) is 0 Å². The number of hydrogen-bond acceptors (Lipinski definition) is 5. The van der Waals surface area contributed by atoms with Gasteiger partial charge >= 0.3 is 6.01 Å². The van der Waals surface area contributed by atoms with Gasteiger partial charge in [-0.3, -0.25) is 4.79 Å². The van der Waals surface area contributed by atoms with Gasteiger partial charge in [0.05, 0.1) is 6.42 Å². The second-order valence-electron chi connectivity index (χ2n) is 6.33. The monoisotopic (exact) mass is 330 g/mol. The Hall–Kier alpha value is -2.44. The first-order valence-corrected chi connectivity index (χ1v) is 8.30. The third-order valence-corrected chi connectivity index (χ3v) is 4.56. The molecule has 0 atom stereocenters. The van der Waals surface area contributed by atoms with Crippen molar-refractivity contribution >= 4 is 11.9 Å². The van der Waals surface area contributed by atoms with Gasteiger partial charge in [0.2, 0.25) is 11.8 Å². The van der Waals surface area contributed by atoms with Crippen molar-refractivity contribution in [3.63, 3.8) is 0 Å². The Morgan fingerprint density at radius 3 is 2.62 bits per heavy atom. The molecule has 6 nitrogen and oxygen atoms in total. The van der Waals surface area contributed by atoms with E-state index < -0.39 is 0 Å². The van der Waals surface area contributed by atoms with Crippen LogP contribution in [0, 0.1) is 5.82 Å². The highest BCUT2D eigenvalue weighted by molar-refractivity contribution is 5.79. The molecule has 1 aromatic heterocycles. The molecule has 4 rings (SSSR count). The lowest BCUT2D eigenvalue weighted by molar-refractivity contribution is -0.130. The molecule has 0 unspecified atom stereocenters. The maximum absolute atomic E-state index is 13.7. The fourth-order valence-corrected chi connectivity index (χ4v) is 2.91. The van der Waals surface area contributed by atoms with E-state index in [-0.39, 0.29) is 18.1 Å². The number of aromatic nitrogens is 2. The molecule has 7 heteroatoms. The third kappa shape index (κ3) is 3.11. The van der Waals surface area contributed by atoms with E-state index in [2.05, 4.69) is 10.2 Å². The van der Waals surface area contributed by atoms with Crippen molar-refractivity contribution in [3.8, 4) is 0 Å². The van der Waals surface area contributed by atoms with Gasteiger partial charge < -0.3 is 14.2 Å². The minimum atomic E-state index is -0.331. The van der Waals surface area contributed by atoms with Crippen molar-refractivity contribution in [2.24, 2.45) is 0 Å². The number of carbonyl (C=O) groups is 1. The van der Waals surface area contributed by atoms with Gasteiger partial charge in [-0.15, -0.1) is 5.10 Å². The summed E-state index contributed by atoms with van der Waals surface area (Å²) in [6, 6.07) is 6.95. The largest absolute Gasteiger partial charge is 0.408 e. The lowest BCUT2D eigenvalue weighted by Crippen LogP contribution is -2.49. The lowest BCUT2D eigenvalue weighted by atomic mass is 10.1. The highest BCUT2D eigenvalue weighted by atomic mass is 19.1. The number of anilines is 1. The lowest BCUT2D eigenvalue weighted by Gasteiger charge is -2.33. The second-order valence-corrected chi connectivity index (χ2v) is 6.33. The zero-order chi connectivity index (χ0) is 16.5. The Kier molecular flexibility index (Phi) is 3.92. The van der Waals surface area contributed by atoms with E-state index in [4.69, 9.17) is 4.42 Å². The predicted molar refractivity (Wildman–Crippen MR) is 85.2 cm³/mol. The molecular weight excluding hydrogens is 311 g/mol. The summed E-state index contributed by atoms with van der Waals surface area (Å²) in [5, 5.41) is 8.20. The minimum Gasteiger partial charge on any atom is -0.408 e. The van der Waals surface area contributed by atoms with Gasteiger partial charge in [0, 0.05) is 32.1 Å². The Morgan fingerprint density at radius 2 is 1.92 bits per heavy atom. The molecular formula is C17H19FN4O2. The van der Waals surface area contributed by atoms with Crippen LogP contribution < -0.4 is 4.90 Å². The maximum Gasteiger partial charge on any atom is 0.318 e. The number of amides is 1. The number of carbonyl (C=O) groups excluding carboxylic acids is 1. The van der Waals surface area contributed by atoms with Crippen LogP contribution in [0.5, 0.6) is 0 Å². The fraction of sp³-hybridized carbons (Fsp3) is 0.471. The summed E-state index contributed by atoms with van der Waals surface area (Å²) in [7, 11) is 0. The van der Waals surface area contributed by atoms with Crippen molar-refractivity contribution in [3.05, 3.63) is 41.5 Å². The van der Waals surface area contributed by atoms with E-state index in [0.29, 0.717) is 43.7 Å². The highest BCUT2D eigenvalue weighted by Crippen LogP contribution is 2.39. The second kappa shape index (κ2) is 6.22. The molecule has 0 N–H and O–H groups in total. The van der Waals surface area contributed by atoms with Gasteiger partial charge in [-0.1, -0.05) is 23.3 Å². The van der Waals surface area contributed by atoms with Gasteiger partial charge in [0.25, 0.3) is 0 Å². The number of piperazine rings is 1. The summed E-state index contributed by atoms with van der Waals surface area (Å²) in [6.07, 6.45) is 2.35. The normalized spacial score (nSPS) is 18.0. The van der Waals surface area contributed by atoms with Crippen molar-refractivity contribution in [1.82, 2.24) is 15.1 Å². The van der Waals surface area contributed by atoms with Crippen molar-refractivity contribution in [1.29, 1.82) is 0 Å². The number of halogens is 1. The van der Waals surface area contributed by atoms with Crippen LogP contribution in [0.4, 0.5) is 10.4 Å². The van der Waals surface area contributed by atoms with Crippen LogP contribution >= 0.6 is 0 Å². The summed E-state index contributed by atoms with van der Waals surface area (Å²) in [5.74, 6) is 0.782. The van der Waals surface area contributed by atoms with Crippen molar-refractivity contribution in [2.75, 3.05) is 31.1 Å². The van der Waals surface area contributed by atoms with E-state index >= 15 is 0 Å². The topological polar surface area (TPSA) is 62.5 Å². The van der Waals surface area contributed by atoms with Crippen LogP contribution in [0.1, 0.15) is 30.2 Å². The molecule has 0 radical (unpaired) electrons. The summed E-state index contributed by atoms with van der Waals surface area (Å²) >= 11 is 0. The smallest absolute Gasteiger partial charge is 0.318 e. The summed E-state index contributed by atoms with van der Waals surface area (Å²) in [5.41, 5.74) is 0.441. The number of hydrogen-bond donors (Lipinski definition) is 0. The van der Waals surface area contributed by atoms with E-state index in [1.54, 1.807) is 23.1 Å². The Bertz CT molecular complexity index is 736. The SMILES string of the molecule is O=C(Cc1ccccc1F)N1CCN(c2nnc(C3CC3)o2)CC1. The summed E-state index contributed by atoms with van der Waals surface area (Å²) in [6.45, 7) is 2.45. The van der Waals surface area contributed by atoms with Gasteiger partial charge in [-0.25, -0.2) is 4.39 Å². The van der Waals surface area contributed by atoms with E-state index in [0.717, 1.165) is 18.7 Å². The van der Waals surface area contributed by atoms with Crippen LogP contribution in [0.15, 0.2) is 28.7 Å². The molecule has 1 aromatic carbocycles. The van der Waals surface area contributed by atoms with Crippen LogP contribution in [-0.4, -0.2) is 47.2 Å². The number of nitrogens with zero attached hydrogens (tertiary/aromatic N) is 4. The fourth-order valence-electron chi connectivity index (χ4n) is 2.91. The summed E-state index contributed by atoms with van der Waals surface area (Å²) < 4.78 is 19.4. The average molecular weight is 330 g/mol. The van der Waals surface area contributed by atoms with Crippen LogP contribution in [0.25, 0.3) is 0 Å². The average Bonchev–Trinajstić information content (AvgIpc) is 3.34. The van der Waals surface area contributed by atoms with Crippen molar-refractivity contribution in [2.45, 2.75) is 25.2 Å². The quantitative estimate of drug-likeness (QED) is 0.858. The molecule has 2 aliphatic rings. The molecule has 1 amide bonds. The molecule has 2 aromatic rings. The van der Waals surface area contributed by atoms with Gasteiger partial charge in [0.1, 0.15) is 5.82 Å².